The molecular formula is C32H28N2O4. The molecule has 0 unspecified atom stereocenters. The van der Waals surface area contributed by atoms with Gasteiger partial charge in [-0.3, -0.25) is 14.6 Å². The van der Waals surface area contributed by atoms with Crippen molar-refractivity contribution in [3.63, 3.8) is 0 Å². The van der Waals surface area contributed by atoms with Gasteiger partial charge in [-0.15, -0.1) is 0 Å². The highest BCUT2D eigenvalue weighted by molar-refractivity contribution is 6.46. The minimum absolute atomic E-state index is 0.0659. The van der Waals surface area contributed by atoms with Crippen molar-refractivity contribution in [2.45, 2.75) is 33.0 Å². The molecule has 6 nitrogen and oxygen atoms in total. The predicted molar refractivity (Wildman–Crippen MR) is 145 cm³/mol. The molecule has 1 atom stereocenters. The van der Waals surface area contributed by atoms with Crippen LogP contribution in [-0.4, -0.2) is 26.7 Å². The summed E-state index contributed by atoms with van der Waals surface area (Å²) >= 11 is 0. The van der Waals surface area contributed by atoms with Crippen molar-refractivity contribution in [1.82, 2.24) is 9.88 Å². The van der Waals surface area contributed by atoms with Crippen molar-refractivity contribution in [2.75, 3.05) is 0 Å². The molecule has 1 aromatic heterocycles. The van der Waals surface area contributed by atoms with E-state index in [2.05, 4.69) is 11.1 Å². The molecule has 0 radical (unpaired) electrons. The maximum atomic E-state index is 13.3. The molecule has 6 heteroatoms. The summed E-state index contributed by atoms with van der Waals surface area (Å²) in [6, 6.07) is 25.5. The number of hydrogen-bond acceptors (Lipinski definition) is 5. The SMILES string of the molecule is Cc1ccc([C@H]2C(=C(O)c3ccc(OCc4cccc(C)c4)cc3)C(=O)C(=O)N2Cc2cccnc2)cc1. The lowest BCUT2D eigenvalue weighted by molar-refractivity contribution is -0.140. The molecule has 0 spiro atoms. The van der Waals surface area contributed by atoms with Crippen molar-refractivity contribution in [2.24, 2.45) is 0 Å². The first-order valence-electron chi connectivity index (χ1n) is 12.4. The Labute approximate surface area is 221 Å². The number of aromatic nitrogens is 1. The summed E-state index contributed by atoms with van der Waals surface area (Å²) in [6.07, 6.45) is 3.32. The highest BCUT2D eigenvalue weighted by atomic mass is 16.5. The van der Waals surface area contributed by atoms with Gasteiger partial charge in [0.1, 0.15) is 18.1 Å². The summed E-state index contributed by atoms with van der Waals surface area (Å²) in [6.45, 7) is 4.61. The quantitative estimate of drug-likeness (QED) is 0.193. The number of pyridine rings is 1. The number of nitrogens with zero attached hydrogens (tertiary/aromatic N) is 2. The first kappa shape index (κ1) is 25.0. The van der Waals surface area contributed by atoms with E-state index in [1.807, 2.05) is 62.4 Å². The summed E-state index contributed by atoms with van der Waals surface area (Å²) in [5.74, 6) is -0.946. The summed E-state index contributed by atoms with van der Waals surface area (Å²) in [5.41, 5.74) is 5.32. The van der Waals surface area contributed by atoms with E-state index in [9.17, 15) is 14.7 Å². The fourth-order valence-electron chi connectivity index (χ4n) is 4.66. The van der Waals surface area contributed by atoms with Gasteiger partial charge >= 0.3 is 0 Å². The van der Waals surface area contributed by atoms with E-state index in [1.165, 1.54) is 4.90 Å². The third-order valence-electron chi connectivity index (χ3n) is 6.62. The summed E-state index contributed by atoms with van der Waals surface area (Å²) in [7, 11) is 0. The second kappa shape index (κ2) is 10.7. The predicted octanol–water partition coefficient (Wildman–Crippen LogP) is 5.90. The van der Waals surface area contributed by atoms with Crippen LogP contribution in [0.5, 0.6) is 5.75 Å². The van der Waals surface area contributed by atoms with E-state index in [-0.39, 0.29) is 17.9 Å². The summed E-state index contributed by atoms with van der Waals surface area (Å²) in [4.78, 5) is 32.1. The van der Waals surface area contributed by atoms with Crippen LogP contribution >= 0.6 is 0 Å². The minimum Gasteiger partial charge on any atom is -0.507 e. The number of hydrogen-bond donors (Lipinski definition) is 1. The number of aliphatic hydroxyl groups is 1. The molecule has 1 aliphatic heterocycles. The Bertz CT molecular complexity index is 1490. The number of rotatable bonds is 7. The van der Waals surface area contributed by atoms with E-state index in [1.54, 1.807) is 42.7 Å². The van der Waals surface area contributed by atoms with Crippen LogP contribution in [0.3, 0.4) is 0 Å². The zero-order valence-corrected chi connectivity index (χ0v) is 21.3. The standard InChI is InChI=1S/C32H28N2O4/c1-21-8-10-25(11-9-21)29-28(31(36)32(37)34(29)19-24-7-4-16-33-18-24)30(35)26-12-14-27(15-13-26)38-20-23-6-3-5-22(2)17-23/h3-18,29,35H,19-20H2,1-2H3/t29-/m0/s1. The summed E-state index contributed by atoms with van der Waals surface area (Å²) in [5, 5.41) is 11.3. The van der Waals surface area contributed by atoms with E-state index in [0.717, 1.165) is 27.8 Å². The second-order valence-electron chi connectivity index (χ2n) is 9.50. The van der Waals surface area contributed by atoms with Gasteiger partial charge in [0, 0.05) is 24.5 Å². The van der Waals surface area contributed by atoms with Gasteiger partial charge in [-0.05, 0) is 60.9 Å². The molecule has 190 valence electrons. The number of carbonyl (C=O) groups is 2. The van der Waals surface area contributed by atoms with Crippen LogP contribution in [0.2, 0.25) is 0 Å². The number of Topliss-reactive ketones (excluding diaryl/α,β-unsaturated/α-hetero) is 1. The Kier molecular flexibility index (Phi) is 7.05. The van der Waals surface area contributed by atoms with E-state index in [4.69, 9.17) is 4.74 Å². The normalized spacial score (nSPS) is 16.6. The maximum absolute atomic E-state index is 13.3. The molecule has 3 aromatic carbocycles. The molecular weight excluding hydrogens is 476 g/mol. The Morgan fingerprint density at radius 3 is 2.32 bits per heavy atom. The van der Waals surface area contributed by atoms with Crippen LogP contribution < -0.4 is 4.74 Å². The molecule has 38 heavy (non-hydrogen) atoms. The number of likely N-dealkylation sites (tertiary alicyclic amines) is 1. The largest absolute Gasteiger partial charge is 0.507 e. The van der Waals surface area contributed by atoms with Crippen LogP contribution in [0, 0.1) is 13.8 Å². The maximum Gasteiger partial charge on any atom is 0.295 e. The van der Waals surface area contributed by atoms with Gasteiger partial charge in [-0.2, -0.15) is 0 Å². The van der Waals surface area contributed by atoms with Crippen LogP contribution in [0.25, 0.3) is 5.76 Å². The highest BCUT2D eigenvalue weighted by Gasteiger charge is 2.46. The Hall–Kier alpha value is -4.71. The number of amides is 1. The minimum atomic E-state index is -0.729. The van der Waals surface area contributed by atoms with Crippen LogP contribution in [0.4, 0.5) is 0 Å². The highest BCUT2D eigenvalue weighted by Crippen LogP contribution is 2.40. The van der Waals surface area contributed by atoms with Gasteiger partial charge in [0.2, 0.25) is 0 Å². The van der Waals surface area contributed by atoms with Gasteiger partial charge in [-0.1, -0.05) is 65.7 Å². The molecule has 0 bridgehead atoms. The fraction of sp³-hybridized carbons (Fsp3) is 0.156. The lowest BCUT2D eigenvalue weighted by atomic mass is 9.94. The van der Waals surface area contributed by atoms with Gasteiger partial charge in [0.15, 0.2) is 0 Å². The summed E-state index contributed by atoms with van der Waals surface area (Å²) < 4.78 is 5.90. The number of benzene rings is 3. The molecule has 4 aromatic rings. The topological polar surface area (TPSA) is 79.7 Å². The molecule has 0 saturated carbocycles. The monoisotopic (exact) mass is 504 g/mol. The average Bonchev–Trinajstić information content (AvgIpc) is 3.18. The smallest absolute Gasteiger partial charge is 0.295 e. The van der Waals surface area contributed by atoms with Gasteiger partial charge in [0.05, 0.1) is 11.6 Å². The number of ether oxygens (including phenoxy) is 1. The van der Waals surface area contributed by atoms with Crippen LogP contribution in [0.15, 0.2) is 103 Å². The van der Waals surface area contributed by atoms with Crippen molar-refractivity contribution >= 4 is 17.4 Å². The Balaban J connectivity index is 1.47. The van der Waals surface area contributed by atoms with E-state index >= 15 is 0 Å². The number of ketones is 1. The molecule has 1 aliphatic rings. The molecule has 0 aliphatic carbocycles. The van der Waals surface area contributed by atoms with Gasteiger partial charge < -0.3 is 14.7 Å². The first-order valence-corrected chi connectivity index (χ1v) is 12.4. The first-order chi connectivity index (χ1) is 18.4. The zero-order valence-electron chi connectivity index (χ0n) is 21.3. The zero-order chi connectivity index (χ0) is 26.6. The van der Waals surface area contributed by atoms with E-state index in [0.29, 0.717) is 17.9 Å². The molecule has 1 fully saturated rings. The molecule has 1 saturated heterocycles. The van der Waals surface area contributed by atoms with Gasteiger partial charge in [-0.25, -0.2) is 0 Å². The van der Waals surface area contributed by atoms with Crippen molar-refractivity contribution in [3.8, 4) is 5.75 Å². The average molecular weight is 505 g/mol. The number of carbonyl (C=O) groups excluding carboxylic acids is 2. The van der Waals surface area contributed by atoms with Crippen LogP contribution in [0.1, 0.15) is 39.4 Å². The Morgan fingerprint density at radius 2 is 1.63 bits per heavy atom. The molecule has 2 heterocycles. The third-order valence-corrected chi connectivity index (χ3v) is 6.62. The fourth-order valence-corrected chi connectivity index (χ4v) is 4.66. The number of aryl methyl sites for hydroxylation is 2. The lowest BCUT2D eigenvalue weighted by Gasteiger charge is -2.25. The molecule has 1 N–H and O–H groups in total. The van der Waals surface area contributed by atoms with Crippen molar-refractivity contribution < 1.29 is 19.4 Å². The van der Waals surface area contributed by atoms with Gasteiger partial charge in [0.25, 0.3) is 11.7 Å². The second-order valence-corrected chi connectivity index (χ2v) is 9.50. The van der Waals surface area contributed by atoms with E-state index < -0.39 is 17.7 Å². The molecule has 5 rings (SSSR count). The third kappa shape index (κ3) is 5.20. The van der Waals surface area contributed by atoms with Crippen molar-refractivity contribution in [1.29, 1.82) is 0 Å². The molecule has 1 amide bonds. The number of aliphatic hydroxyl groups excluding tert-OH is 1. The lowest BCUT2D eigenvalue weighted by Crippen LogP contribution is -2.29. The van der Waals surface area contributed by atoms with Crippen molar-refractivity contribution in [3.05, 3.63) is 136 Å². The van der Waals surface area contributed by atoms with Crippen LogP contribution in [-0.2, 0) is 22.7 Å². The Morgan fingerprint density at radius 1 is 0.895 bits per heavy atom.